The number of aliphatic hydroxyl groups excluding tert-OH is 1. The normalized spacial score (nSPS) is 13.3. The smallest absolute Gasteiger partial charge is 0.385 e. The minimum absolute atomic E-state index is 0.0425. The van der Waals surface area contributed by atoms with Gasteiger partial charge in [-0.15, -0.1) is 0 Å². The van der Waals surface area contributed by atoms with Crippen molar-refractivity contribution in [2.45, 2.75) is 45.6 Å². The minimum atomic E-state index is -4.69. The maximum atomic E-state index is 11.9. The number of unbranched alkanes of at least 4 members (excludes halogenated alkanes) is 2. The van der Waals surface area contributed by atoms with E-state index in [1.54, 1.807) is 7.11 Å². The number of rotatable bonds is 14. The van der Waals surface area contributed by atoms with Crippen molar-refractivity contribution in [1.29, 1.82) is 0 Å². The van der Waals surface area contributed by atoms with Crippen LogP contribution in [-0.2, 0) is 23.4 Å². The first-order valence-electron chi connectivity index (χ1n) is 8.41. The molecule has 154 valence electrons. The third-order valence-corrected chi connectivity index (χ3v) is 4.06. The molecule has 0 rings (SSSR count). The molecule has 0 spiro atoms. The zero-order valence-corrected chi connectivity index (χ0v) is 16.5. The van der Waals surface area contributed by atoms with E-state index in [1.807, 2.05) is 0 Å². The number of ether oxygens (including phenoxy) is 1. The van der Waals surface area contributed by atoms with Crippen LogP contribution in [0.25, 0.3) is 0 Å². The second-order valence-corrected chi connectivity index (χ2v) is 7.84. The Hall–Kier alpha value is -1.03. The highest BCUT2D eigenvalue weighted by Crippen LogP contribution is 2.38. The standard InChI is InChI=1S/C15H31N2O8P/c1-15(2,11-25-26(21,22)23)13(19)14(20)17-9-7-12(18)16-8-5-4-6-10-24-3/h13,19H,4-11H2,1-3H3,(H,16,18)(H,17,20)(H2,21,22,23)/t13-/m0/s1. The van der Waals surface area contributed by atoms with Crippen molar-refractivity contribution in [2.75, 3.05) is 33.4 Å². The van der Waals surface area contributed by atoms with Gasteiger partial charge in [-0.1, -0.05) is 13.8 Å². The lowest BCUT2D eigenvalue weighted by Gasteiger charge is -2.29. The molecular weight excluding hydrogens is 367 g/mol. The van der Waals surface area contributed by atoms with Gasteiger partial charge in [0, 0.05) is 38.6 Å². The van der Waals surface area contributed by atoms with Crippen LogP contribution in [0.15, 0.2) is 0 Å². The molecule has 2 amide bonds. The van der Waals surface area contributed by atoms with Gasteiger partial charge in [-0.25, -0.2) is 4.57 Å². The molecule has 0 unspecified atom stereocenters. The zero-order chi connectivity index (χ0) is 20.2. The van der Waals surface area contributed by atoms with Gasteiger partial charge >= 0.3 is 7.82 Å². The van der Waals surface area contributed by atoms with E-state index in [0.717, 1.165) is 19.3 Å². The SMILES string of the molecule is COCCCCCNC(=O)CCNC(=O)[C@H](O)C(C)(C)COP(=O)(O)O. The number of amides is 2. The van der Waals surface area contributed by atoms with E-state index in [2.05, 4.69) is 15.2 Å². The summed E-state index contributed by atoms with van der Waals surface area (Å²) in [7, 11) is -3.05. The highest BCUT2D eigenvalue weighted by atomic mass is 31.2. The summed E-state index contributed by atoms with van der Waals surface area (Å²) in [5, 5.41) is 15.1. The monoisotopic (exact) mass is 398 g/mol. The summed E-state index contributed by atoms with van der Waals surface area (Å²) in [4.78, 5) is 40.9. The first kappa shape index (κ1) is 25.0. The Labute approximate surface area is 153 Å². The zero-order valence-electron chi connectivity index (χ0n) is 15.6. The molecular formula is C15H31N2O8P. The van der Waals surface area contributed by atoms with Crippen LogP contribution in [0.1, 0.15) is 39.5 Å². The fourth-order valence-electron chi connectivity index (χ4n) is 1.94. The largest absolute Gasteiger partial charge is 0.469 e. The molecule has 0 radical (unpaired) electrons. The number of phosphoric ester groups is 1. The van der Waals surface area contributed by atoms with E-state index in [4.69, 9.17) is 14.5 Å². The molecule has 0 aliphatic heterocycles. The predicted molar refractivity (Wildman–Crippen MR) is 94.1 cm³/mol. The van der Waals surface area contributed by atoms with E-state index < -0.39 is 31.9 Å². The fourth-order valence-corrected chi connectivity index (χ4v) is 2.45. The Morgan fingerprint density at radius 1 is 1.12 bits per heavy atom. The summed E-state index contributed by atoms with van der Waals surface area (Å²) in [6.07, 6.45) is 1.24. The van der Waals surface area contributed by atoms with Crippen LogP contribution in [0.4, 0.5) is 0 Å². The number of carbonyl (C=O) groups is 2. The topological polar surface area (TPSA) is 154 Å². The van der Waals surface area contributed by atoms with Gasteiger partial charge in [0.1, 0.15) is 6.10 Å². The quantitative estimate of drug-likeness (QED) is 0.201. The maximum Gasteiger partial charge on any atom is 0.469 e. The summed E-state index contributed by atoms with van der Waals surface area (Å²) in [6, 6.07) is 0. The number of carbonyl (C=O) groups excluding carboxylic acids is 2. The lowest BCUT2D eigenvalue weighted by Crippen LogP contribution is -2.46. The molecule has 1 atom stereocenters. The summed E-state index contributed by atoms with van der Waals surface area (Å²) in [6.45, 7) is 3.65. The molecule has 0 aromatic heterocycles. The molecule has 0 aliphatic rings. The van der Waals surface area contributed by atoms with Crippen molar-refractivity contribution in [1.82, 2.24) is 10.6 Å². The fraction of sp³-hybridized carbons (Fsp3) is 0.867. The van der Waals surface area contributed by atoms with Crippen molar-refractivity contribution >= 4 is 19.6 Å². The third kappa shape index (κ3) is 12.3. The van der Waals surface area contributed by atoms with E-state index in [-0.39, 0.29) is 18.9 Å². The van der Waals surface area contributed by atoms with Gasteiger partial charge in [-0.3, -0.25) is 14.1 Å². The van der Waals surface area contributed by atoms with E-state index in [9.17, 15) is 19.3 Å². The number of phosphoric acid groups is 1. The van der Waals surface area contributed by atoms with Crippen LogP contribution in [0.3, 0.4) is 0 Å². The van der Waals surface area contributed by atoms with Crippen molar-refractivity contribution in [3.05, 3.63) is 0 Å². The third-order valence-electron chi connectivity index (χ3n) is 3.59. The Morgan fingerprint density at radius 2 is 1.77 bits per heavy atom. The van der Waals surface area contributed by atoms with Gasteiger partial charge in [0.05, 0.1) is 6.61 Å². The van der Waals surface area contributed by atoms with Crippen LogP contribution in [0.5, 0.6) is 0 Å². The molecule has 0 aliphatic carbocycles. The maximum absolute atomic E-state index is 11.9. The summed E-state index contributed by atoms with van der Waals surface area (Å²) in [5.41, 5.74) is -1.21. The number of hydrogen-bond donors (Lipinski definition) is 5. The molecule has 0 saturated carbocycles. The number of nitrogens with one attached hydrogen (secondary N) is 2. The molecule has 0 aromatic carbocycles. The molecule has 0 saturated heterocycles. The van der Waals surface area contributed by atoms with Crippen LogP contribution >= 0.6 is 7.82 Å². The minimum Gasteiger partial charge on any atom is -0.385 e. The Balaban J connectivity index is 4.01. The molecule has 11 heteroatoms. The molecule has 10 nitrogen and oxygen atoms in total. The van der Waals surface area contributed by atoms with Crippen LogP contribution in [0, 0.1) is 5.41 Å². The van der Waals surface area contributed by atoms with E-state index in [1.165, 1.54) is 13.8 Å². The Morgan fingerprint density at radius 3 is 2.35 bits per heavy atom. The number of hydrogen-bond acceptors (Lipinski definition) is 6. The molecule has 0 fully saturated rings. The van der Waals surface area contributed by atoms with Crippen molar-refractivity contribution in [3.8, 4) is 0 Å². The van der Waals surface area contributed by atoms with Crippen molar-refractivity contribution in [3.63, 3.8) is 0 Å². The molecule has 0 heterocycles. The second kappa shape index (κ2) is 12.4. The second-order valence-electron chi connectivity index (χ2n) is 6.60. The molecule has 0 bridgehead atoms. The van der Waals surface area contributed by atoms with Gasteiger partial charge in [0.25, 0.3) is 0 Å². The van der Waals surface area contributed by atoms with Crippen molar-refractivity contribution < 1.29 is 38.3 Å². The molecule has 5 N–H and O–H groups in total. The molecule has 0 aromatic rings. The first-order valence-corrected chi connectivity index (χ1v) is 9.94. The van der Waals surface area contributed by atoms with Gasteiger partial charge < -0.3 is 30.3 Å². The lowest BCUT2D eigenvalue weighted by atomic mass is 9.87. The first-order chi connectivity index (χ1) is 12.0. The summed E-state index contributed by atoms with van der Waals surface area (Å²) < 4.78 is 20.0. The van der Waals surface area contributed by atoms with Gasteiger partial charge in [-0.2, -0.15) is 0 Å². The number of aliphatic hydroxyl groups is 1. The van der Waals surface area contributed by atoms with Crippen molar-refractivity contribution in [2.24, 2.45) is 5.41 Å². The lowest BCUT2D eigenvalue weighted by molar-refractivity contribution is -0.137. The van der Waals surface area contributed by atoms with Crippen LogP contribution in [-0.4, -0.2) is 66.2 Å². The Bertz CT molecular complexity index is 480. The summed E-state index contributed by atoms with van der Waals surface area (Å²) in [5.74, 6) is -0.952. The van der Waals surface area contributed by atoms with Gasteiger partial charge in [-0.05, 0) is 19.3 Å². The highest BCUT2D eigenvalue weighted by molar-refractivity contribution is 7.46. The van der Waals surface area contributed by atoms with Crippen LogP contribution < -0.4 is 10.6 Å². The molecule has 26 heavy (non-hydrogen) atoms. The average Bonchev–Trinajstić information content (AvgIpc) is 2.55. The van der Waals surface area contributed by atoms with E-state index >= 15 is 0 Å². The van der Waals surface area contributed by atoms with E-state index in [0.29, 0.717) is 13.2 Å². The predicted octanol–water partition coefficient (Wildman–Crippen LogP) is -0.0780. The Kier molecular flexibility index (Phi) is 11.9. The average molecular weight is 398 g/mol. The van der Waals surface area contributed by atoms with Gasteiger partial charge in [0.2, 0.25) is 11.8 Å². The van der Waals surface area contributed by atoms with Gasteiger partial charge in [0.15, 0.2) is 0 Å². The summed E-state index contributed by atoms with van der Waals surface area (Å²) >= 11 is 0. The van der Waals surface area contributed by atoms with Crippen LogP contribution in [0.2, 0.25) is 0 Å². The highest BCUT2D eigenvalue weighted by Gasteiger charge is 2.35. The number of methoxy groups -OCH3 is 1.